The van der Waals surface area contributed by atoms with E-state index in [0.29, 0.717) is 24.2 Å². The van der Waals surface area contributed by atoms with Gasteiger partial charge in [-0.2, -0.15) is 0 Å². The van der Waals surface area contributed by atoms with Gasteiger partial charge in [-0.1, -0.05) is 27.7 Å². The third kappa shape index (κ3) is 4.27. The molecule has 3 heteroatoms. The molecule has 18 heavy (non-hydrogen) atoms. The van der Waals surface area contributed by atoms with E-state index in [-0.39, 0.29) is 11.5 Å². The number of piperidine rings is 1. The number of carbonyl (C=O) groups is 1. The van der Waals surface area contributed by atoms with Crippen LogP contribution in [-0.4, -0.2) is 29.9 Å². The molecule has 0 aliphatic carbocycles. The van der Waals surface area contributed by atoms with Crippen molar-refractivity contribution in [1.82, 2.24) is 4.90 Å². The molecule has 1 saturated heterocycles. The van der Waals surface area contributed by atoms with Gasteiger partial charge in [-0.05, 0) is 37.0 Å². The predicted molar refractivity (Wildman–Crippen MR) is 76.2 cm³/mol. The van der Waals surface area contributed by atoms with Crippen LogP contribution in [0.3, 0.4) is 0 Å². The Morgan fingerprint density at radius 3 is 2.50 bits per heavy atom. The number of rotatable bonds is 3. The van der Waals surface area contributed by atoms with Crippen LogP contribution >= 0.6 is 0 Å². The second-order valence-electron chi connectivity index (χ2n) is 7.07. The number of hydrogen-bond acceptors (Lipinski definition) is 2. The third-order valence-corrected chi connectivity index (χ3v) is 4.51. The van der Waals surface area contributed by atoms with Gasteiger partial charge in [0, 0.05) is 25.6 Å². The minimum atomic E-state index is 0.195. The predicted octanol–water partition coefficient (Wildman–Crippen LogP) is 2.64. The van der Waals surface area contributed by atoms with E-state index < -0.39 is 0 Å². The molecule has 0 spiro atoms. The number of hydrogen-bond donors (Lipinski definition) is 1. The van der Waals surface area contributed by atoms with Crippen LogP contribution in [0.5, 0.6) is 0 Å². The summed E-state index contributed by atoms with van der Waals surface area (Å²) in [5.74, 6) is 1.20. The van der Waals surface area contributed by atoms with Gasteiger partial charge in [0.25, 0.3) is 0 Å². The fourth-order valence-corrected chi connectivity index (χ4v) is 2.36. The summed E-state index contributed by atoms with van der Waals surface area (Å²) < 4.78 is 0. The summed E-state index contributed by atoms with van der Waals surface area (Å²) in [5.41, 5.74) is 6.16. The Bertz CT molecular complexity index is 281. The smallest absolute Gasteiger partial charge is 0.222 e. The molecule has 1 aliphatic heterocycles. The largest absolute Gasteiger partial charge is 0.342 e. The van der Waals surface area contributed by atoms with Crippen LogP contribution in [0.2, 0.25) is 0 Å². The van der Waals surface area contributed by atoms with E-state index in [9.17, 15) is 4.79 Å². The molecule has 1 aliphatic rings. The molecule has 1 rings (SSSR count). The first kappa shape index (κ1) is 15.5. The normalized spacial score (nSPS) is 24.8. The highest BCUT2D eigenvalue weighted by Crippen LogP contribution is 2.29. The van der Waals surface area contributed by atoms with Crippen LogP contribution in [0.1, 0.15) is 53.9 Å². The van der Waals surface area contributed by atoms with E-state index in [1.165, 1.54) is 0 Å². The summed E-state index contributed by atoms with van der Waals surface area (Å²) in [6, 6.07) is 0.195. The van der Waals surface area contributed by atoms with Gasteiger partial charge >= 0.3 is 0 Å². The maximum absolute atomic E-state index is 12.3. The van der Waals surface area contributed by atoms with E-state index in [2.05, 4.69) is 34.6 Å². The molecule has 1 amide bonds. The maximum atomic E-state index is 12.3. The highest BCUT2D eigenvalue weighted by molar-refractivity contribution is 5.76. The summed E-state index contributed by atoms with van der Waals surface area (Å²) in [4.78, 5) is 14.3. The monoisotopic (exact) mass is 254 g/mol. The van der Waals surface area contributed by atoms with Crippen molar-refractivity contribution in [3.63, 3.8) is 0 Å². The minimum Gasteiger partial charge on any atom is -0.342 e. The van der Waals surface area contributed by atoms with Crippen molar-refractivity contribution < 1.29 is 4.79 Å². The van der Waals surface area contributed by atoms with Crippen LogP contribution in [0.15, 0.2) is 0 Å². The molecule has 106 valence electrons. The Labute approximate surface area is 112 Å². The van der Waals surface area contributed by atoms with E-state index in [0.717, 1.165) is 25.9 Å². The molecule has 3 nitrogen and oxygen atoms in total. The molecule has 0 aromatic carbocycles. The van der Waals surface area contributed by atoms with Crippen molar-refractivity contribution in [3.8, 4) is 0 Å². The summed E-state index contributed by atoms with van der Waals surface area (Å²) in [5, 5.41) is 0. The Kier molecular flexibility index (Phi) is 5.20. The summed E-state index contributed by atoms with van der Waals surface area (Å²) in [6.45, 7) is 12.6. The van der Waals surface area contributed by atoms with Crippen LogP contribution in [-0.2, 0) is 4.79 Å². The molecule has 0 aromatic heterocycles. The highest BCUT2D eigenvalue weighted by Gasteiger charge is 2.29. The van der Waals surface area contributed by atoms with Crippen molar-refractivity contribution in [2.75, 3.05) is 13.1 Å². The van der Waals surface area contributed by atoms with E-state index in [1.807, 2.05) is 4.90 Å². The first-order chi connectivity index (χ1) is 8.21. The lowest BCUT2D eigenvalue weighted by molar-refractivity contribution is -0.134. The van der Waals surface area contributed by atoms with Gasteiger partial charge in [0.15, 0.2) is 0 Å². The van der Waals surface area contributed by atoms with Gasteiger partial charge in [0.1, 0.15) is 0 Å². The first-order valence-electron chi connectivity index (χ1n) is 7.25. The van der Waals surface area contributed by atoms with Gasteiger partial charge in [-0.3, -0.25) is 4.79 Å². The maximum Gasteiger partial charge on any atom is 0.222 e. The van der Waals surface area contributed by atoms with Gasteiger partial charge in [-0.15, -0.1) is 0 Å². The van der Waals surface area contributed by atoms with Crippen molar-refractivity contribution >= 4 is 5.91 Å². The van der Waals surface area contributed by atoms with Gasteiger partial charge < -0.3 is 10.6 Å². The third-order valence-electron chi connectivity index (χ3n) is 4.51. The average molecular weight is 254 g/mol. The van der Waals surface area contributed by atoms with Crippen LogP contribution in [0.4, 0.5) is 0 Å². The average Bonchev–Trinajstić information content (AvgIpc) is 2.27. The van der Waals surface area contributed by atoms with Crippen molar-refractivity contribution in [3.05, 3.63) is 0 Å². The molecule has 0 bridgehead atoms. The Morgan fingerprint density at radius 1 is 1.39 bits per heavy atom. The van der Waals surface area contributed by atoms with Crippen LogP contribution in [0, 0.1) is 17.3 Å². The van der Waals surface area contributed by atoms with E-state index >= 15 is 0 Å². The molecule has 3 atom stereocenters. The minimum absolute atomic E-state index is 0.195. The second-order valence-corrected chi connectivity index (χ2v) is 7.07. The SMILES string of the molecule is CC(N)C1CCCN(C(=O)CC(C)C(C)(C)C)C1. The molecule has 2 N–H and O–H groups in total. The number of nitrogens with zero attached hydrogens (tertiary/aromatic N) is 1. The Morgan fingerprint density at radius 2 is 2.00 bits per heavy atom. The van der Waals surface area contributed by atoms with E-state index in [4.69, 9.17) is 5.73 Å². The molecule has 0 saturated carbocycles. The van der Waals surface area contributed by atoms with Crippen molar-refractivity contribution in [2.24, 2.45) is 23.0 Å². The Hall–Kier alpha value is -0.570. The second kappa shape index (κ2) is 6.05. The highest BCUT2D eigenvalue weighted by atomic mass is 16.2. The number of likely N-dealkylation sites (tertiary alicyclic amines) is 1. The number of carbonyl (C=O) groups excluding carboxylic acids is 1. The molecule has 1 fully saturated rings. The molecular weight excluding hydrogens is 224 g/mol. The van der Waals surface area contributed by atoms with Crippen LogP contribution < -0.4 is 5.73 Å². The Balaban J connectivity index is 2.51. The summed E-state index contributed by atoms with van der Waals surface area (Å²) >= 11 is 0. The summed E-state index contributed by atoms with van der Waals surface area (Å²) in [6.07, 6.45) is 2.92. The zero-order valence-corrected chi connectivity index (χ0v) is 12.7. The van der Waals surface area contributed by atoms with E-state index in [1.54, 1.807) is 0 Å². The molecule has 0 aromatic rings. The zero-order valence-electron chi connectivity index (χ0n) is 12.7. The van der Waals surface area contributed by atoms with Crippen molar-refractivity contribution in [1.29, 1.82) is 0 Å². The zero-order chi connectivity index (χ0) is 13.9. The lowest BCUT2D eigenvalue weighted by Crippen LogP contribution is -2.45. The molecule has 0 radical (unpaired) electrons. The lowest BCUT2D eigenvalue weighted by atomic mass is 9.79. The first-order valence-corrected chi connectivity index (χ1v) is 7.25. The fraction of sp³-hybridized carbons (Fsp3) is 0.933. The van der Waals surface area contributed by atoms with Gasteiger partial charge in [0.05, 0.1) is 0 Å². The standard InChI is InChI=1S/C15H30N2O/c1-11(15(3,4)5)9-14(18)17-8-6-7-13(10-17)12(2)16/h11-13H,6-10,16H2,1-5H3. The molecule has 3 unspecified atom stereocenters. The van der Waals surface area contributed by atoms with Crippen molar-refractivity contribution in [2.45, 2.75) is 59.9 Å². The molecular formula is C15H30N2O. The summed E-state index contributed by atoms with van der Waals surface area (Å²) in [7, 11) is 0. The fourth-order valence-electron chi connectivity index (χ4n) is 2.36. The van der Waals surface area contributed by atoms with Gasteiger partial charge in [-0.25, -0.2) is 0 Å². The van der Waals surface area contributed by atoms with Gasteiger partial charge in [0.2, 0.25) is 5.91 Å². The molecule has 1 heterocycles. The van der Waals surface area contributed by atoms with Crippen LogP contribution in [0.25, 0.3) is 0 Å². The number of nitrogens with two attached hydrogens (primary N) is 1. The number of amides is 1. The lowest BCUT2D eigenvalue weighted by Gasteiger charge is -2.36. The topological polar surface area (TPSA) is 46.3 Å². The quantitative estimate of drug-likeness (QED) is 0.841.